The second-order valence-corrected chi connectivity index (χ2v) is 8.97. The second-order valence-electron chi connectivity index (χ2n) is 8.13. The van der Waals surface area contributed by atoms with Gasteiger partial charge in [0, 0.05) is 29.7 Å². The molecule has 4 heteroatoms. The molecular weight excluding hydrogens is 483 g/mol. The minimum atomic E-state index is 0.420. The highest BCUT2D eigenvalue weighted by Gasteiger charge is 2.11. The number of nitrogens with zero attached hydrogens (tertiary/aromatic N) is 2. The van der Waals surface area contributed by atoms with Crippen molar-refractivity contribution in [2.45, 2.75) is 67.3 Å². The summed E-state index contributed by atoms with van der Waals surface area (Å²) in [5.74, 6) is 1.53. The van der Waals surface area contributed by atoms with E-state index in [2.05, 4.69) is 92.5 Å². The summed E-state index contributed by atoms with van der Waals surface area (Å²) in [6.45, 7) is 17.3. The van der Waals surface area contributed by atoms with Gasteiger partial charge in [0.15, 0.2) is 0 Å². The molecule has 0 N–H and O–H groups in total. The van der Waals surface area contributed by atoms with E-state index >= 15 is 0 Å². The highest BCUT2D eigenvalue weighted by Crippen LogP contribution is 2.30. The number of hydrogen-bond acceptors (Lipinski definition) is 1. The zero-order chi connectivity index (χ0) is 26.9. The summed E-state index contributed by atoms with van der Waals surface area (Å²) in [5.41, 5.74) is 4.38. The predicted octanol–water partition coefficient (Wildman–Crippen LogP) is 10.7. The van der Waals surface area contributed by atoms with E-state index in [-0.39, 0.29) is 0 Å². The normalized spacial score (nSPS) is 11.8. The molecule has 0 saturated carbocycles. The van der Waals surface area contributed by atoms with Gasteiger partial charge in [-0.25, -0.2) is 4.98 Å². The first kappa shape index (κ1) is 31.5. The Hall–Kier alpha value is -2.55. The van der Waals surface area contributed by atoms with E-state index in [1.54, 1.807) is 6.07 Å². The first-order valence-electron chi connectivity index (χ1n) is 13.0. The Kier molecular flexibility index (Phi) is 15.6. The van der Waals surface area contributed by atoms with Crippen molar-refractivity contribution in [2.24, 2.45) is 5.92 Å². The van der Waals surface area contributed by atoms with E-state index < -0.39 is 0 Å². The van der Waals surface area contributed by atoms with Crippen LogP contribution in [0.15, 0.2) is 85.6 Å². The third kappa shape index (κ3) is 10.2. The van der Waals surface area contributed by atoms with Gasteiger partial charge in [0.2, 0.25) is 0 Å². The standard InChI is InChI=1S/C15H18Cl2N2.C15H18.C2H6/c1-3-5-8-19-10-14(18-15(19)4-2)12-7-6-11(16)9-13(12)17;1-4-13(3)11-12-14(5-2)15-9-7-6-8-10-15;1-2/h6-7,9-10H,3-5,8H2,1-2H3;4-13H,1H2,2-3H3;1-2H3/b;12-11-,14-5+;. The quantitative estimate of drug-likeness (QED) is 0.201. The third-order valence-electron chi connectivity index (χ3n) is 5.50. The number of hydrogen-bond donors (Lipinski definition) is 0. The van der Waals surface area contributed by atoms with Crippen LogP contribution >= 0.6 is 23.2 Å². The molecule has 2 nitrogen and oxygen atoms in total. The Morgan fingerprint density at radius 3 is 2.33 bits per heavy atom. The number of allylic oxidation sites excluding steroid dienone is 5. The van der Waals surface area contributed by atoms with E-state index in [1.165, 1.54) is 17.6 Å². The summed E-state index contributed by atoms with van der Waals surface area (Å²) in [4.78, 5) is 4.68. The molecule has 0 fully saturated rings. The van der Waals surface area contributed by atoms with Crippen LogP contribution in [0.3, 0.4) is 0 Å². The van der Waals surface area contributed by atoms with Gasteiger partial charge in [0.05, 0.1) is 10.7 Å². The zero-order valence-corrected chi connectivity index (χ0v) is 24.3. The average Bonchev–Trinajstić information content (AvgIpc) is 3.32. The maximum absolute atomic E-state index is 6.24. The SMILES string of the molecule is C=CC(C)/C=C\C(=C/C)c1ccccc1.CC.CCCCn1cc(-c2ccc(Cl)cc2Cl)nc1CC. The van der Waals surface area contributed by atoms with Gasteiger partial charge in [0.25, 0.3) is 0 Å². The second kappa shape index (κ2) is 17.8. The van der Waals surface area contributed by atoms with E-state index in [9.17, 15) is 0 Å². The van der Waals surface area contributed by atoms with Gasteiger partial charge >= 0.3 is 0 Å². The van der Waals surface area contributed by atoms with Crippen LogP contribution < -0.4 is 0 Å². The predicted molar refractivity (Wildman–Crippen MR) is 162 cm³/mol. The van der Waals surface area contributed by atoms with Gasteiger partial charge in [-0.3, -0.25) is 0 Å². The number of rotatable bonds is 9. The summed E-state index contributed by atoms with van der Waals surface area (Å²) in [7, 11) is 0. The van der Waals surface area contributed by atoms with Crippen molar-refractivity contribution in [3.05, 3.63) is 107 Å². The Bertz CT molecular complexity index is 1090. The lowest BCUT2D eigenvalue weighted by atomic mass is 10.0. The van der Waals surface area contributed by atoms with Gasteiger partial charge < -0.3 is 4.57 Å². The Labute approximate surface area is 229 Å². The van der Waals surface area contributed by atoms with Crippen LogP contribution in [0.1, 0.15) is 65.8 Å². The van der Waals surface area contributed by atoms with Gasteiger partial charge in [0.1, 0.15) is 5.82 Å². The van der Waals surface area contributed by atoms with Crippen molar-refractivity contribution in [1.82, 2.24) is 9.55 Å². The van der Waals surface area contributed by atoms with Crippen LogP contribution in [0.25, 0.3) is 16.8 Å². The van der Waals surface area contributed by atoms with Gasteiger partial charge in [-0.1, -0.05) is 119 Å². The number of imidazole rings is 1. The largest absolute Gasteiger partial charge is 0.334 e. The highest BCUT2D eigenvalue weighted by molar-refractivity contribution is 6.36. The van der Waals surface area contributed by atoms with Crippen molar-refractivity contribution in [2.75, 3.05) is 0 Å². The van der Waals surface area contributed by atoms with Crippen LogP contribution in [0, 0.1) is 5.92 Å². The Morgan fingerprint density at radius 1 is 1.08 bits per heavy atom. The number of aromatic nitrogens is 2. The number of benzene rings is 2. The molecule has 0 saturated heterocycles. The molecule has 3 rings (SSSR count). The van der Waals surface area contributed by atoms with Crippen molar-refractivity contribution in [3.8, 4) is 11.3 Å². The summed E-state index contributed by atoms with van der Waals surface area (Å²) in [6.07, 6.45) is 13.7. The molecule has 3 aromatic rings. The molecule has 0 spiro atoms. The lowest BCUT2D eigenvalue weighted by Gasteiger charge is -2.03. The summed E-state index contributed by atoms with van der Waals surface area (Å²) in [5, 5.41) is 1.30. The first-order chi connectivity index (χ1) is 17.4. The fourth-order valence-electron chi connectivity index (χ4n) is 3.41. The molecule has 0 bridgehead atoms. The Balaban J connectivity index is 0.000000346. The fraction of sp³-hybridized carbons (Fsp3) is 0.344. The topological polar surface area (TPSA) is 17.8 Å². The van der Waals surface area contributed by atoms with Crippen molar-refractivity contribution < 1.29 is 0 Å². The third-order valence-corrected chi connectivity index (χ3v) is 6.05. The van der Waals surface area contributed by atoms with Crippen LogP contribution in [0.5, 0.6) is 0 Å². The molecule has 0 radical (unpaired) electrons. The number of aryl methyl sites for hydroxylation is 2. The number of halogens is 2. The van der Waals surface area contributed by atoms with Crippen LogP contribution in [0.2, 0.25) is 10.0 Å². The summed E-state index contributed by atoms with van der Waals surface area (Å²) < 4.78 is 2.23. The van der Waals surface area contributed by atoms with Crippen molar-refractivity contribution >= 4 is 28.8 Å². The molecular formula is C32H42Cl2N2. The fourth-order valence-corrected chi connectivity index (χ4v) is 3.91. The maximum Gasteiger partial charge on any atom is 0.109 e. The van der Waals surface area contributed by atoms with Crippen molar-refractivity contribution in [1.29, 1.82) is 0 Å². The maximum atomic E-state index is 6.24. The van der Waals surface area contributed by atoms with E-state index in [0.717, 1.165) is 36.5 Å². The van der Waals surface area contributed by atoms with E-state index in [4.69, 9.17) is 23.2 Å². The summed E-state index contributed by atoms with van der Waals surface area (Å²) >= 11 is 12.2. The molecule has 36 heavy (non-hydrogen) atoms. The first-order valence-corrected chi connectivity index (χ1v) is 13.7. The molecule has 0 amide bonds. The molecule has 1 heterocycles. The highest BCUT2D eigenvalue weighted by atomic mass is 35.5. The average molecular weight is 526 g/mol. The smallest absolute Gasteiger partial charge is 0.109 e. The monoisotopic (exact) mass is 524 g/mol. The van der Waals surface area contributed by atoms with Gasteiger partial charge in [-0.05, 0) is 48.6 Å². The molecule has 1 unspecified atom stereocenters. The molecule has 0 aliphatic rings. The van der Waals surface area contributed by atoms with Crippen LogP contribution in [0.4, 0.5) is 0 Å². The minimum Gasteiger partial charge on any atom is -0.334 e. The zero-order valence-electron chi connectivity index (χ0n) is 22.8. The molecule has 194 valence electrons. The molecule has 0 aliphatic carbocycles. The molecule has 0 aliphatic heterocycles. The van der Waals surface area contributed by atoms with Gasteiger partial charge in [-0.2, -0.15) is 0 Å². The minimum absolute atomic E-state index is 0.420. The number of unbranched alkanes of at least 4 members (excludes halogenated alkanes) is 1. The lowest BCUT2D eigenvalue weighted by molar-refractivity contribution is 0.606. The van der Waals surface area contributed by atoms with Crippen LogP contribution in [-0.4, -0.2) is 9.55 Å². The van der Waals surface area contributed by atoms with Gasteiger partial charge in [-0.15, -0.1) is 6.58 Å². The molecule has 1 aromatic heterocycles. The molecule has 1 atom stereocenters. The van der Waals surface area contributed by atoms with E-state index in [0.29, 0.717) is 16.0 Å². The van der Waals surface area contributed by atoms with Crippen LogP contribution in [-0.2, 0) is 13.0 Å². The van der Waals surface area contributed by atoms with E-state index in [1.807, 2.05) is 38.1 Å². The summed E-state index contributed by atoms with van der Waals surface area (Å²) in [6, 6.07) is 15.9. The lowest BCUT2D eigenvalue weighted by Crippen LogP contribution is -2.01. The Morgan fingerprint density at radius 2 is 1.78 bits per heavy atom. The van der Waals surface area contributed by atoms with Crippen molar-refractivity contribution in [3.63, 3.8) is 0 Å². The molecule has 2 aromatic carbocycles.